The van der Waals surface area contributed by atoms with Gasteiger partial charge in [0.2, 0.25) is 10.0 Å². The highest BCUT2D eigenvalue weighted by Crippen LogP contribution is 2.19. The SMILES string of the molecule is Cc1ccc(S(=O)(=O)N(C)C)cc1C(=O)OCC(=O)N[C@@H](C)c1ccco1. The zero-order chi connectivity index (χ0) is 20.2. The first-order chi connectivity index (χ1) is 12.6. The van der Waals surface area contributed by atoms with Crippen LogP contribution in [0.5, 0.6) is 0 Å². The highest BCUT2D eigenvalue weighted by Gasteiger charge is 2.21. The van der Waals surface area contributed by atoms with E-state index in [0.717, 1.165) is 4.31 Å². The molecule has 0 bridgehead atoms. The van der Waals surface area contributed by atoms with E-state index in [1.165, 1.54) is 38.6 Å². The summed E-state index contributed by atoms with van der Waals surface area (Å²) in [5.41, 5.74) is 0.631. The van der Waals surface area contributed by atoms with E-state index in [4.69, 9.17) is 9.15 Å². The van der Waals surface area contributed by atoms with Crippen LogP contribution in [0.2, 0.25) is 0 Å². The number of nitrogens with one attached hydrogen (secondary N) is 1. The van der Waals surface area contributed by atoms with Gasteiger partial charge in [0, 0.05) is 14.1 Å². The van der Waals surface area contributed by atoms with E-state index in [1.807, 2.05) is 0 Å². The highest BCUT2D eigenvalue weighted by atomic mass is 32.2. The number of hydrogen-bond acceptors (Lipinski definition) is 6. The van der Waals surface area contributed by atoms with Gasteiger partial charge >= 0.3 is 5.97 Å². The van der Waals surface area contributed by atoms with Crippen molar-refractivity contribution in [3.8, 4) is 0 Å². The van der Waals surface area contributed by atoms with Crippen molar-refractivity contribution < 1.29 is 27.2 Å². The van der Waals surface area contributed by atoms with Crippen LogP contribution in [0.25, 0.3) is 0 Å². The smallest absolute Gasteiger partial charge is 0.338 e. The van der Waals surface area contributed by atoms with Crippen molar-refractivity contribution in [2.24, 2.45) is 0 Å². The van der Waals surface area contributed by atoms with Crippen LogP contribution in [0, 0.1) is 6.92 Å². The zero-order valence-corrected chi connectivity index (χ0v) is 16.4. The normalized spacial score (nSPS) is 12.6. The van der Waals surface area contributed by atoms with Crippen molar-refractivity contribution in [3.05, 3.63) is 53.5 Å². The van der Waals surface area contributed by atoms with E-state index in [1.54, 1.807) is 26.0 Å². The van der Waals surface area contributed by atoms with E-state index in [0.29, 0.717) is 11.3 Å². The maximum absolute atomic E-state index is 12.3. The molecule has 0 spiro atoms. The third-order valence-corrected chi connectivity index (χ3v) is 5.70. The van der Waals surface area contributed by atoms with Gasteiger partial charge in [-0.15, -0.1) is 0 Å². The van der Waals surface area contributed by atoms with Gasteiger partial charge in [0.15, 0.2) is 6.61 Å². The molecule has 0 aliphatic heterocycles. The van der Waals surface area contributed by atoms with Crippen molar-refractivity contribution >= 4 is 21.9 Å². The van der Waals surface area contributed by atoms with Crippen LogP contribution in [0.3, 0.4) is 0 Å². The van der Waals surface area contributed by atoms with E-state index < -0.39 is 28.5 Å². The second-order valence-electron chi connectivity index (χ2n) is 6.14. The lowest BCUT2D eigenvalue weighted by atomic mass is 10.1. The average molecular weight is 394 g/mol. The number of furan rings is 1. The lowest BCUT2D eigenvalue weighted by molar-refractivity contribution is -0.125. The van der Waals surface area contributed by atoms with E-state index in [2.05, 4.69) is 5.32 Å². The van der Waals surface area contributed by atoms with Crippen molar-refractivity contribution in [1.82, 2.24) is 9.62 Å². The molecule has 146 valence electrons. The Labute approximate surface area is 158 Å². The summed E-state index contributed by atoms with van der Waals surface area (Å²) in [5.74, 6) is -0.696. The molecule has 1 N–H and O–H groups in total. The molecule has 0 saturated heterocycles. The van der Waals surface area contributed by atoms with Crippen molar-refractivity contribution in [1.29, 1.82) is 0 Å². The number of carbonyl (C=O) groups excluding carboxylic acids is 2. The topological polar surface area (TPSA) is 106 Å². The molecule has 2 rings (SSSR count). The Morgan fingerprint density at radius 1 is 1.26 bits per heavy atom. The molecule has 0 aliphatic rings. The van der Waals surface area contributed by atoms with Crippen LogP contribution >= 0.6 is 0 Å². The quantitative estimate of drug-likeness (QED) is 0.719. The first-order valence-corrected chi connectivity index (χ1v) is 9.60. The molecule has 1 amide bonds. The van der Waals surface area contributed by atoms with Crippen LogP contribution in [-0.4, -0.2) is 45.3 Å². The van der Waals surface area contributed by atoms with Gasteiger partial charge in [-0.3, -0.25) is 4.79 Å². The number of carbonyl (C=O) groups is 2. The monoisotopic (exact) mass is 394 g/mol. The minimum Gasteiger partial charge on any atom is -0.467 e. The molecular weight excluding hydrogens is 372 g/mol. The van der Waals surface area contributed by atoms with Crippen molar-refractivity contribution in [3.63, 3.8) is 0 Å². The number of hydrogen-bond donors (Lipinski definition) is 1. The molecule has 1 atom stereocenters. The van der Waals surface area contributed by atoms with E-state index in [9.17, 15) is 18.0 Å². The van der Waals surface area contributed by atoms with Gasteiger partial charge in [-0.05, 0) is 43.7 Å². The standard InChI is InChI=1S/C18H22N2O6S/c1-12-7-8-14(27(23,24)20(3)4)10-15(12)18(22)26-11-17(21)19-13(2)16-6-5-9-25-16/h5-10,13H,11H2,1-4H3,(H,19,21)/t13-/m0/s1. The Morgan fingerprint density at radius 2 is 1.96 bits per heavy atom. The number of esters is 1. The summed E-state index contributed by atoms with van der Waals surface area (Å²) in [6, 6.07) is 7.23. The maximum Gasteiger partial charge on any atom is 0.338 e. The number of rotatable bonds is 7. The minimum atomic E-state index is -3.69. The van der Waals surface area contributed by atoms with Gasteiger partial charge in [0.25, 0.3) is 5.91 Å². The summed E-state index contributed by atoms with van der Waals surface area (Å²) >= 11 is 0. The van der Waals surface area contributed by atoms with E-state index >= 15 is 0 Å². The van der Waals surface area contributed by atoms with Crippen LogP contribution in [0.1, 0.15) is 34.6 Å². The Balaban J connectivity index is 2.04. The second-order valence-corrected chi connectivity index (χ2v) is 8.30. The van der Waals surface area contributed by atoms with Gasteiger partial charge < -0.3 is 14.5 Å². The van der Waals surface area contributed by atoms with Crippen LogP contribution in [0.4, 0.5) is 0 Å². The summed E-state index contributed by atoms with van der Waals surface area (Å²) < 4.78 is 35.7. The number of sulfonamides is 1. The van der Waals surface area contributed by atoms with Gasteiger partial charge in [-0.25, -0.2) is 17.5 Å². The third-order valence-electron chi connectivity index (χ3n) is 3.89. The summed E-state index contributed by atoms with van der Waals surface area (Å²) in [5, 5.41) is 2.64. The predicted octanol–water partition coefficient (Wildman–Crippen LogP) is 1.87. The molecule has 2 aromatic rings. The number of aryl methyl sites for hydroxylation is 1. The Morgan fingerprint density at radius 3 is 2.56 bits per heavy atom. The van der Waals surface area contributed by atoms with Gasteiger partial charge in [0.05, 0.1) is 22.8 Å². The van der Waals surface area contributed by atoms with Crippen molar-refractivity contribution in [2.75, 3.05) is 20.7 Å². The van der Waals surface area contributed by atoms with Crippen LogP contribution in [-0.2, 0) is 19.6 Å². The number of ether oxygens (including phenoxy) is 1. The van der Waals surface area contributed by atoms with Crippen LogP contribution in [0.15, 0.2) is 45.9 Å². The predicted molar refractivity (Wildman–Crippen MR) is 97.6 cm³/mol. The zero-order valence-electron chi connectivity index (χ0n) is 15.6. The Bertz CT molecular complexity index is 919. The molecule has 0 radical (unpaired) electrons. The van der Waals surface area contributed by atoms with Crippen LogP contribution < -0.4 is 5.32 Å². The first-order valence-electron chi connectivity index (χ1n) is 8.16. The average Bonchev–Trinajstić information content (AvgIpc) is 3.14. The van der Waals surface area contributed by atoms with Gasteiger partial charge in [-0.1, -0.05) is 6.07 Å². The lowest BCUT2D eigenvalue weighted by Crippen LogP contribution is -2.31. The first kappa shape index (κ1) is 20.7. The fourth-order valence-electron chi connectivity index (χ4n) is 2.29. The van der Waals surface area contributed by atoms with E-state index in [-0.39, 0.29) is 16.5 Å². The minimum absolute atomic E-state index is 0.0269. The fraction of sp³-hybridized carbons (Fsp3) is 0.333. The summed E-state index contributed by atoms with van der Waals surface area (Å²) in [6.07, 6.45) is 1.50. The summed E-state index contributed by atoms with van der Waals surface area (Å²) in [7, 11) is -0.885. The largest absolute Gasteiger partial charge is 0.467 e. The molecule has 0 fully saturated rings. The number of benzene rings is 1. The summed E-state index contributed by atoms with van der Waals surface area (Å²) in [4.78, 5) is 24.2. The number of amides is 1. The molecule has 1 aromatic carbocycles. The lowest BCUT2D eigenvalue weighted by Gasteiger charge is -2.14. The Hall–Kier alpha value is -2.65. The fourth-order valence-corrected chi connectivity index (χ4v) is 3.22. The van der Waals surface area contributed by atoms with Gasteiger partial charge in [0.1, 0.15) is 5.76 Å². The molecule has 8 nitrogen and oxygen atoms in total. The molecule has 0 unspecified atom stereocenters. The summed E-state index contributed by atoms with van der Waals surface area (Å²) in [6.45, 7) is 2.90. The molecule has 1 aromatic heterocycles. The molecule has 0 saturated carbocycles. The molecule has 0 aliphatic carbocycles. The van der Waals surface area contributed by atoms with Crippen molar-refractivity contribution in [2.45, 2.75) is 24.8 Å². The third kappa shape index (κ3) is 4.95. The molecule has 1 heterocycles. The Kier molecular flexibility index (Phi) is 6.40. The second kappa shape index (κ2) is 8.36. The molecule has 27 heavy (non-hydrogen) atoms. The molecular formula is C18H22N2O6S. The molecule has 9 heteroatoms. The number of nitrogens with zero attached hydrogens (tertiary/aromatic N) is 1. The van der Waals surface area contributed by atoms with Gasteiger partial charge in [-0.2, -0.15) is 0 Å². The highest BCUT2D eigenvalue weighted by molar-refractivity contribution is 7.89. The maximum atomic E-state index is 12.3.